The highest BCUT2D eigenvalue weighted by Crippen LogP contribution is 2.41. The van der Waals surface area contributed by atoms with Crippen molar-refractivity contribution in [3.63, 3.8) is 0 Å². The van der Waals surface area contributed by atoms with Crippen molar-refractivity contribution in [1.29, 1.82) is 5.26 Å². The number of Topliss-reactive ketones (excluding diaryl/α,β-unsaturated/α-hetero) is 1. The first kappa shape index (κ1) is 11.6. The van der Waals surface area contributed by atoms with Gasteiger partial charge in [-0.05, 0) is 18.1 Å². The first-order valence-electron chi connectivity index (χ1n) is 5.02. The number of halogens is 3. The second-order valence-corrected chi connectivity index (χ2v) is 4.32. The lowest BCUT2D eigenvalue weighted by molar-refractivity contribution is -0.129. The molecule has 0 saturated heterocycles. The van der Waals surface area contributed by atoms with Crippen LogP contribution in [0.2, 0.25) is 0 Å². The predicted molar refractivity (Wildman–Crippen MR) is 52.3 cm³/mol. The summed E-state index contributed by atoms with van der Waals surface area (Å²) in [6.45, 7) is 0. The zero-order valence-electron chi connectivity index (χ0n) is 8.77. The van der Waals surface area contributed by atoms with Crippen LogP contribution >= 0.6 is 0 Å². The van der Waals surface area contributed by atoms with Crippen LogP contribution in [0.3, 0.4) is 0 Å². The smallest absolute Gasteiger partial charge is 0.161 e. The third-order valence-corrected chi connectivity index (χ3v) is 2.93. The van der Waals surface area contributed by atoms with Crippen molar-refractivity contribution < 1.29 is 18.0 Å². The third-order valence-electron chi connectivity index (χ3n) is 2.93. The molecule has 2 nitrogen and oxygen atoms in total. The molecule has 1 fully saturated rings. The quantitative estimate of drug-likeness (QED) is 0.744. The Morgan fingerprint density at radius 2 is 1.76 bits per heavy atom. The summed E-state index contributed by atoms with van der Waals surface area (Å²) in [5.74, 6) is -3.38. The van der Waals surface area contributed by atoms with Crippen molar-refractivity contribution >= 4 is 5.78 Å². The minimum atomic E-state index is -1.26. The number of carbonyl (C=O) groups is 1. The van der Waals surface area contributed by atoms with Crippen LogP contribution in [-0.4, -0.2) is 5.78 Å². The van der Waals surface area contributed by atoms with E-state index in [0.717, 1.165) is 6.07 Å². The Morgan fingerprint density at radius 3 is 2.29 bits per heavy atom. The minimum Gasteiger partial charge on any atom is -0.300 e. The molecule has 1 aromatic carbocycles. The van der Waals surface area contributed by atoms with Gasteiger partial charge in [-0.1, -0.05) is 0 Å². The Labute approximate surface area is 95.7 Å². The number of hydrogen-bond acceptors (Lipinski definition) is 2. The van der Waals surface area contributed by atoms with Crippen LogP contribution < -0.4 is 0 Å². The van der Waals surface area contributed by atoms with E-state index < -0.39 is 22.9 Å². The summed E-state index contributed by atoms with van der Waals surface area (Å²) < 4.78 is 39.0. The van der Waals surface area contributed by atoms with E-state index in [-0.39, 0.29) is 30.6 Å². The average Bonchev–Trinajstić information content (AvgIpc) is 2.23. The molecule has 0 aliphatic heterocycles. The molecule has 17 heavy (non-hydrogen) atoms. The Kier molecular flexibility index (Phi) is 2.66. The van der Waals surface area contributed by atoms with E-state index in [2.05, 4.69) is 0 Å². The fourth-order valence-electron chi connectivity index (χ4n) is 2.01. The van der Waals surface area contributed by atoms with Crippen molar-refractivity contribution in [2.45, 2.75) is 19.3 Å². The summed E-state index contributed by atoms with van der Waals surface area (Å²) in [4.78, 5) is 10.9. The molecule has 1 aromatic rings. The van der Waals surface area contributed by atoms with Crippen molar-refractivity contribution in [3.05, 3.63) is 35.1 Å². The summed E-state index contributed by atoms with van der Waals surface area (Å²) >= 11 is 0. The van der Waals surface area contributed by atoms with E-state index in [9.17, 15) is 18.0 Å². The standard InChI is InChI=1S/C12H8F3NO/c13-9-2-11(15)10(14)1-7(9)3-12(6-16)4-8(17)5-12/h1-2H,3-5H2. The van der Waals surface area contributed by atoms with Gasteiger partial charge in [0.2, 0.25) is 0 Å². The molecule has 0 radical (unpaired) electrons. The summed E-state index contributed by atoms with van der Waals surface area (Å²) in [6.07, 6.45) is 0.0160. The molecule has 0 aromatic heterocycles. The van der Waals surface area contributed by atoms with Gasteiger partial charge in [0, 0.05) is 18.9 Å². The maximum absolute atomic E-state index is 13.4. The molecule has 88 valence electrons. The van der Waals surface area contributed by atoms with Gasteiger partial charge >= 0.3 is 0 Å². The van der Waals surface area contributed by atoms with Crippen LogP contribution in [0, 0.1) is 34.2 Å². The van der Waals surface area contributed by atoms with Gasteiger partial charge in [-0.25, -0.2) is 13.2 Å². The summed E-state index contributed by atoms with van der Waals surface area (Å²) in [7, 11) is 0. The van der Waals surface area contributed by atoms with Crippen LogP contribution in [0.25, 0.3) is 0 Å². The summed E-state index contributed by atoms with van der Waals surface area (Å²) in [5.41, 5.74) is -1.03. The van der Waals surface area contributed by atoms with E-state index >= 15 is 0 Å². The lowest BCUT2D eigenvalue weighted by Gasteiger charge is -2.33. The van der Waals surface area contributed by atoms with Crippen LogP contribution in [0.5, 0.6) is 0 Å². The molecule has 1 aliphatic carbocycles. The van der Waals surface area contributed by atoms with Crippen LogP contribution in [0.1, 0.15) is 18.4 Å². The van der Waals surface area contributed by atoms with E-state index in [4.69, 9.17) is 5.26 Å². The van der Waals surface area contributed by atoms with E-state index in [1.165, 1.54) is 0 Å². The molecule has 0 bridgehead atoms. The normalized spacial score (nSPS) is 17.4. The van der Waals surface area contributed by atoms with Crippen molar-refractivity contribution in [3.8, 4) is 6.07 Å². The van der Waals surface area contributed by atoms with E-state index in [1.807, 2.05) is 6.07 Å². The van der Waals surface area contributed by atoms with Gasteiger partial charge in [0.15, 0.2) is 11.6 Å². The zero-order valence-corrected chi connectivity index (χ0v) is 8.77. The number of ketones is 1. The lowest BCUT2D eigenvalue weighted by atomic mass is 9.65. The van der Waals surface area contributed by atoms with Crippen LogP contribution in [0.4, 0.5) is 13.2 Å². The van der Waals surface area contributed by atoms with Crippen LogP contribution in [-0.2, 0) is 11.2 Å². The van der Waals surface area contributed by atoms with Gasteiger partial charge in [-0.15, -0.1) is 0 Å². The molecule has 2 rings (SSSR count). The second-order valence-electron chi connectivity index (χ2n) is 4.32. The van der Waals surface area contributed by atoms with E-state index in [1.54, 1.807) is 0 Å². The number of nitrogens with zero attached hydrogens (tertiary/aromatic N) is 1. The molecular formula is C12H8F3NO. The first-order valence-corrected chi connectivity index (χ1v) is 5.02. The number of nitriles is 1. The van der Waals surface area contributed by atoms with Gasteiger partial charge in [-0.3, -0.25) is 4.79 Å². The largest absolute Gasteiger partial charge is 0.300 e. The average molecular weight is 239 g/mol. The van der Waals surface area contributed by atoms with Gasteiger partial charge in [-0.2, -0.15) is 5.26 Å². The predicted octanol–water partition coefficient (Wildman–Crippen LogP) is 2.52. The van der Waals surface area contributed by atoms with Crippen molar-refractivity contribution in [2.24, 2.45) is 5.41 Å². The number of benzene rings is 1. The molecular weight excluding hydrogens is 231 g/mol. The fourth-order valence-corrected chi connectivity index (χ4v) is 2.01. The number of rotatable bonds is 2. The summed E-state index contributed by atoms with van der Waals surface area (Å²) in [5, 5.41) is 8.94. The highest BCUT2D eigenvalue weighted by Gasteiger charge is 2.44. The fraction of sp³-hybridized carbons (Fsp3) is 0.333. The third kappa shape index (κ3) is 2.03. The molecule has 0 heterocycles. The topological polar surface area (TPSA) is 40.9 Å². The zero-order chi connectivity index (χ0) is 12.6. The van der Waals surface area contributed by atoms with Gasteiger partial charge < -0.3 is 0 Å². The van der Waals surface area contributed by atoms with Crippen molar-refractivity contribution in [1.82, 2.24) is 0 Å². The van der Waals surface area contributed by atoms with Gasteiger partial charge in [0.25, 0.3) is 0 Å². The minimum absolute atomic E-state index is 0.0436. The Balaban J connectivity index is 2.28. The van der Waals surface area contributed by atoms with Crippen molar-refractivity contribution in [2.75, 3.05) is 0 Å². The maximum atomic E-state index is 13.4. The Morgan fingerprint density at radius 1 is 1.18 bits per heavy atom. The maximum Gasteiger partial charge on any atom is 0.161 e. The molecule has 1 aliphatic rings. The molecule has 0 atom stereocenters. The lowest BCUT2D eigenvalue weighted by Crippen LogP contribution is -2.38. The molecule has 0 N–H and O–H groups in total. The molecule has 5 heteroatoms. The number of carbonyl (C=O) groups excluding carboxylic acids is 1. The monoisotopic (exact) mass is 239 g/mol. The SMILES string of the molecule is N#CC1(Cc2cc(F)c(F)cc2F)CC(=O)C1. The highest BCUT2D eigenvalue weighted by atomic mass is 19.2. The highest BCUT2D eigenvalue weighted by molar-refractivity contribution is 5.87. The van der Waals surface area contributed by atoms with Crippen LogP contribution in [0.15, 0.2) is 12.1 Å². The second kappa shape index (κ2) is 3.88. The van der Waals surface area contributed by atoms with E-state index in [0.29, 0.717) is 6.07 Å². The first-order chi connectivity index (χ1) is 7.96. The van der Waals surface area contributed by atoms with Gasteiger partial charge in [0.1, 0.15) is 11.6 Å². The molecule has 1 saturated carbocycles. The van der Waals surface area contributed by atoms with Gasteiger partial charge in [0.05, 0.1) is 11.5 Å². The number of hydrogen-bond donors (Lipinski definition) is 0. The molecule has 0 amide bonds. The molecule has 0 unspecified atom stereocenters. The Bertz CT molecular complexity index is 525. The Hall–Kier alpha value is -1.83. The summed E-state index contributed by atoms with van der Waals surface area (Å²) in [6, 6.07) is 3.15. The molecule has 0 spiro atoms.